The highest BCUT2D eigenvalue weighted by molar-refractivity contribution is 5.94. The van der Waals surface area contributed by atoms with Gasteiger partial charge in [0.25, 0.3) is 5.91 Å². The average Bonchev–Trinajstić information content (AvgIpc) is 2.57. The molecule has 5 heteroatoms. The number of likely N-dealkylation sites (N-methyl/N-ethyl adjacent to an activating group) is 1. The number of carbonyl (C=O) groups excluding carboxylic acids is 1. The van der Waals surface area contributed by atoms with Crippen molar-refractivity contribution in [2.45, 2.75) is 20.3 Å². The third-order valence-corrected chi connectivity index (χ3v) is 3.53. The lowest BCUT2D eigenvalue weighted by molar-refractivity contribution is -0.120. The number of nitrogens with zero attached hydrogens (tertiary/aromatic N) is 1. The number of hydrogen-bond donors (Lipinski definition) is 0. The van der Waals surface area contributed by atoms with Crippen molar-refractivity contribution in [2.24, 2.45) is 0 Å². The molecule has 0 bridgehead atoms. The topological polar surface area (TPSA) is 29.5 Å². The number of anilines is 1. The molecule has 1 amide bonds. The smallest absolute Gasteiger partial charge is 0.264 e. The van der Waals surface area contributed by atoms with Crippen LogP contribution in [0.1, 0.15) is 19.4 Å². The maximum Gasteiger partial charge on any atom is 0.264 e. The van der Waals surface area contributed by atoms with Crippen molar-refractivity contribution >= 4 is 11.6 Å². The van der Waals surface area contributed by atoms with E-state index in [1.807, 2.05) is 12.1 Å². The Balaban J connectivity index is 2.03. The Morgan fingerprint density at radius 2 is 1.74 bits per heavy atom. The largest absolute Gasteiger partial charge is 0.484 e. The molecule has 0 aliphatic rings. The van der Waals surface area contributed by atoms with Crippen molar-refractivity contribution in [2.75, 3.05) is 18.1 Å². The molecule has 0 atom stereocenters. The summed E-state index contributed by atoms with van der Waals surface area (Å²) < 4.78 is 31.8. The molecule has 0 spiro atoms. The number of ether oxygens (including phenoxy) is 1. The van der Waals surface area contributed by atoms with Crippen LogP contribution in [0.5, 0.6) is 5.75 Å². The third-order valence-electron chi connectivity index (χ3n) is 3.53. The van der Waals surface area contributed by atoms with E-state index in [1.165, 1.54) is 16.5 Å². The fourth-order valence-corrected chi connectivity index (χ4v) is 2.20. The molecule has 0 fully saturated rings. The fraction of sp³-hybridized carbons (Fsp3) is 0.278. The number of carbonyl (C=O) groups is 1. The zero-order valence-corrected chi connectivity index (χ0v) is 13.2. The van der Waals surface area contributed by atoms with Gasteiger partial charge in [0.05, 0.1) is 0 Å². The number of amides is 1. The lowest BCUT2D eigenvalue weighted by atomic mass is 10.2. The Morgan fingerprint density at radius 1 is 1.04 bits per heavy atom. The van der Waals surface area contributed by atoms with Gasteiger partial charge in [-0.3, -0.25) is 4.79 Å². The molecule has 0 unspecified atom stereocenters. The number of aryl methyl sites for hydroxylation is 1. The molecule has 3 nitrogen and oxygen atoms in total. The summed E-state index contributed by atoms with van der Waals surface area (Å²) in [5, 5.41) is 0. The van der Waals surface area contributed by atoms with Gasteiger partial charge in [0.2, 0.25) is 0 Å². The van der Waals surface area contributed by atoms with Gasteiger partial charge < -0.3 is 9.64 Å². The van der Waals surface area contributed by atoms with Crippen molar-refractivity contribution in [1.82, 2.24) is 0 Å². The monoisotopic (exact) mass is 319 g/mol. The van der Waals surface area contributed by atoms with E-state index in [0.717, 1.165) is 18.6 Å². The van der Waals surface area contributed by atoms with E-state index in [2.05, 4.69) is 6.92 Å². The molecule has 0 aromatic heterocycles. The van der Waals surface area contributed by atoms with Gasteiger partial charge in [-0.2, -0.15) is 0 Å². The lowest BCUT2D eigenvalue weighted by Crippen LogP contribution is -2.34. The summed E-state index contributed by atoms with van der Waals surface area (Å²) in [6.07, 6.45) is 0.930. The first-order chi connectivity index (χ1) is 11.0. The summed E-state index contributed by atoms with van der Waals surface area (Å²) in [5.41, 5.74) is 1.49. The first-order valence-electron chi connectivity index (χ1n) is 7.52. The second-order valence-corrected chi connectivity index (χ2v) is 5.02. The van der Waals surface area contributed by atoms with Gasteiger partial charge in [0.15, 0.2) is 18.2 Å². The van der Waals surface area contributed by atoms with E-state index >= 15 is 0 Å². The van der Waals surface area contributed by atoms with Crippen LogP contribution in [0.3, 0.4) is 0 Å². The molecule has 0 heterocycles. The van der Waals surface area contributed by atoms with E-state index in [4.69, 9.17) is 4.74 Å². The normalized spacial score (nSPS) is 10.4. The first kappa shape index (κ1) is 16.9. The molecule has 0 saturated carbocycles. The van der Waals surface area contributed by atoms with Crippen LogP contribution in [0.15, 0.2) is 42.5 Å². The number of rotatable bonds is 6. The molecule has 2 aromatic rings. The maximum atomic E-state index is 13.3. The number of benzene rings is 2. The minimum Gasteiger partial charge on any atom is -0.484 e. The molecule has 0 aliphatic heterocycles. The van der Waals surface area contributed by atoms with Gasteiger partial charge in [-0.05, 0) is 43.2 Å². The number of halogens is 2. The molecule has 122 valence electrons. The zero-order valence-electron chi connectivity index (χ0n) is 13.2. The summed E-state index contributed by atoms with van der Waals surface area (Å²) in [5.74, 6) is -1.65. The lowest BCUT2D eigenvalue weighted by Gasteiger charge is -2.21. The van der Waals surface area contributed by atoms with Gasteiger partial charge in [0, 0.05) is 18.3 Å². The average molecular weight is 319 g/mol. The third kappa shape index (κ3) is 4.28. The standard InChI is InChI=1S/C18H19F2NO2/c1-3-13-5-8-15(9-6-13)23-12-18(22)21(4-2)14-7-10-16(19)17(20)11-14/h5-11H,3-4,12H2,1-2H3. The Bertz CT molecular complexity index is 671. The fourth-order valence-electron chi connectivity index (χ4n) is 2.20. The quantitative estimate of drug-likeness (QED) is 0.806. The molecule has 0 aliphatic carbocycles. The van der Waals surface area contributed by atoms with E-state index in [9.17, 15) is 13.6 Å². The van der Waals surface area contributed by atoms with Crippen LogP contribution in [-0.2, 0) is 11.2 Å². The second kappa shape index (κ2) is 7.72. The van der Waals surface area contributed by atoms with E-state index in [-0.39, 0.29) is 12.5 Å². The Kier molecular flexibility index (Phi) is 5.68. The minimum atomic E-state index is -0.982. The maximum absolute atomic E-state index is 13.3. The Hall–Kier alpha value is -2.43. The summed E-state index contributed by atoms with van der Waals surface area (Å²) >= 11 is 0. The number of hydrogen-bond acceptors (Lipinski definition) is 2. The van der Waals surface area contributed by atoms with Crippen molar-refractivity contribution in [3.05, 3.63) is 59.7 Å². The minimum absolute atomic E-state index is 0.168. The summed E-state index contributed by atoms with van der Waals surface area (Å²) in [7, 11) is 0. The summed E-state index contributed by atoms with van der Waals surface area (Å²) in [4.78, 5) is 13.6. The predicted molar refractivity (Wildman–Crippen MR) is 85.7 cm³/mol. The Labute approximate surface area is 134 Å². The van der Waals surface area contributed by atoms with Crippen LogP contribution in [-0.4, -0.2) is 19.1 Å². The molecule has 2 aromatic carbocycles. The molecule has 0 N–H and O–H groups in total. The molecular weight excluding hydrogens is 300 g/mol. The van der Waals surface area contributed by atoms with Gasteiger partial charge in [-0.15, -0.1) is 0 Å². The van der Waals surface area contributed by atoms with Crippen LogP contribution < -0.4 is 9.64 Å². The first-order valence-corrected chi connectivity index (χ1v) is 7.52. The molecule has 23 heavy (non-hydrogen) atoms. The second-order valence-electron chi connectivity index (χ2n) is 5.02. The van der Waals surface area contributed by atoms with Crippen molar-refractivity contribution < 1.29 is 18.3 Å². The highest BCUT2D eigenvalue weighted by atomic mass is 19.2. The molecule has 2 rings (SSSR count). The van der Waals surface area contributed by atoms with Gasteiger partial charge >= 0.3 is 0 Å². The van der Waals surface area contributed by atoms with Crippen LogP contribution in [0.4, 0.5) is 14.5 Å². The summed E-state index contributed by atoms with van der Waals surface area (Å²) in [6.45, 7) is 3.98. The van der Waals surface area contributed by atoms with Gasteiger partial charge in [0.1, 0.15) is 5.75 Å². The van der Waals surface area contributed by atoms with Crippen molar-refractivity contribution in [3.8, 4) is 5.75 Å². The van der Waals surface area contributed by atoms with Crippen LogP contribution in [0.2, 0.25) is 0 Å². The van der Waals surface area contributed by atoms with Crippen LogP contribution >= 0.6 is 0 Å². The Morgan fingerprint density at radius 3 is 2.30 bits per heavy atom. The SMILES string of the molecule is CCc1ccc(OCC(=O)N(CC)c2ccc(F)c(F)c2)cc1. The van der Waals surface area contributed by atoms with Gasteiger partial charge in [-0.1, -0.05) is 19.1 Å². The zero-order chi connectivity index (χ0) is 16.8. The molecule has 0 radical (unpaired) electrons. The van der Waals surface area contributed by atoms with Crippen molar-refractivity contribution in [1.29, 1.82) is 0 Å². The van der Waals surface area contributed by atoms with E-state index in [0.29, 0.717) is 18.0 Å². The molecule has 0 saturated heterocycles. The van der Waals surface area contributed by atoms with Crippen LogP contribution in [0, 0.1) is 11.6 Å². The molecular formula is C18H19F2NO2. The van der Waals surface area contributed by atoms with E-state index < -0.39 is 11.6 Å². The van der Waals surface area contributed by atoms with Crippen LogP contribution in [0.25, 0.3) is 0 Å². The summed E-state index contributed by atoms with van der Waals surface area (Å²) in [6, 6.07) is 10.9. The predicted octanol–water partition coefficient (Wildman–Crippen LogP) is 3.96. The van der Waals surface area contributed by atoms with Crippen molar-refractivity contribution in [3.63, 3.8) is 0 Å². The van der Waals surface area contributed by atoms with E-state index in [1.54, 1.807) is 19.1 Å². The highest BCUT2D eigenvalue weighted by Crippen LogP contribution is 2.19. The van der Waals surface area contributed by atoms with Gasteiger partial charge in [-0.25, -0.2) is 8.78 Å². The highest BCUT2D eigenvalue weighted by Gasteiger charge is 2.16.